The molecule has 2 bridgehead atoms. The Morgan fingerprint density at radius 2 is 1.92 bits per heavy atom. The number of allylic oxidation sites excluding steroid dienone is 1. The number of ether oxygens (including phenoxy) is 2. The monoisotopic (exact) mass is 721 g/mol. The Labute approximate surface area is 289 Å². The first-order chi connectivity index (χ1) is 22.8. The SMILES string of the molecule is COC(=O)Nc1ccc2c(c1)NC(=O)CC/C=C\C[C@H](NCCC(=O)c1c(F)ccc(Cl)c1F)c1nc-2c(Cl)n1COCC[Si](C)(C)C. The van der Waals surface area contributed by atoms with Gasteiger partial charge >= 0.3 is 6.09 Å². The molecule has 258 valence electrons. The van der Waals surface area contributed by atoms with Gasteiger partial charge in [-0.1, -0.05) is 55.0 Å². The number of ketones is 1. The summed E-state index contributed by atoms with van der Waals surface area (Å²) in [6.07, 6.45) is 3.89. The number of hydrogen-bond acceptors (Lipinski definition) is 7. The Morgan fingerprint density at radius 1 is 1.15 bits per heavy atom. The highest BCUT2D eigenvalue weighted by Gasteiger charge is 2.27. The van der Waals surface area contributed by atoms with Crippen LogP contribution in [0.5, 0.6) is 0 Å². The van der Waals surface area contributed by atoms with Crippen molar-refractivity contribution in [3.05, 3.63) is 75.7 Å². The minimum Gasteiger partial charge on any atom is -0.453 e. The van der Waals surface area contributed by atoms with Crippen molar-refractivity contribution in [1.29, 1.82) is 0 Å². The smallest absolute Gasteiger partial charge is 0.411 e. The average Bonchev–Trinajstić information content (AvgIpc) is 3.35. The van der Waals surface area contributed by atoms with Gasteiger partial charge in [0, 0.05) is 45.3 Å². The lowest BCUT2D eigenvalue weighted by molar-refractivity contribution is -0.116. The third-order valence-electron chi connectivity index (χ3n) is 7.59. The van der Waals surface area contributed by atoms with Gasteiger partial charge in [-0.3, -0.25) is 19.5 Å². The molecule has 48 heavy (non-hydrogen) atoms. The third kappa shape index (κ3) is 9.72. The van der Waals surface area contributed by atoms with Crippen LogP contribution in [0.1, 0.15) is 47.9 Å². The van der Waals surface area contributed by atoms with Crippen LogP contribution in [0.25, 0.3) is 11.3 Å². The Hall–Kier alpha value is -3.62. The van der Waals surface area contributed by atoms with E-state index in [-0.39, 0.29) is 42.2 Å². The lowest BCUT2D eigenvalue weighted by Crippen LogP contribution is -2.28. The molecule has 1 aliphatic rings. The quantitative estimate of drug-likeness (QED) is 0.0600. The molecule has 10 nitrogen and oxygen atoms in total. The molecular formula is C33H39Cl2F2N5O5Si. The Balaban J connectivity index is 1.72. The zero-order valence-corrected chi connectivity index (χ0v) is 29.7. The van der Waals surface area contributed by atoms with Crippen molar-refractivity contribution in [3.8, 4) is 11.3 Å². The van der Waals surface area contributed by atoms with Crippen LogP contribution < -0.4 is 16.0 Å². The highest BCUT2D eigenvalue weighted by molar-refractivity contribution is 6.76. The van der Waals surface area contributed by atoms with Crippen molar-refractivity contribution in [1.82, 2.24) is 14.9 Å². The number of carbonyl (C=O) groups excluding carboxylic acids is 3. The predicted molar refractivity (Wildman–Crippen MR) is 185 cm³/mol. The molecular weight excluding hydrogens is 683 g/mol. The minimum absolute atomic E-state index is 0.0538. The van der Waals surface area contributed by atoms with Gasteiger partial charge in [0.1, 0.15) is 29.2 Å². The zero-order valence-electron chi connectivity index (χ0n) is 27.2. The van der Waals surface area contributed by atoms with E-state index in [1.807, 2.05) is 12.2 Å². The van der Waals surface area contributed by atoms with E-state index in [4.69, 9.17) is 37.7 Å². The fourth-order valence-corrected chi connectivity index (χ4v) is 6.16. The molecule has 0 radical (unpaired) electrons. The van der Waals surface area contributed by atoms with E-state index in [0.29, 0.717) is 47.9 Å². The summed E-state index contributed by atoms with van der Waals surface area (Å²) in [5.74, 6) is -2.59. The van der Waals surface area contributed by atoms with E-state index in [2.05, 4.69) is 35.6 Å². The molecule has 1 aliphatic heterocycles. The maximum absolute atomic E-state index is 14.5. The molecule has 2 amide bonds. The summed E-state index contributed by atoms with van der Waals surface area (Å²) in [5.41, 5.74) is 0.924. The van der Waals surface area contributed by atoms with E-state index >= 15 is 0 Å². The first-order valence-electron chi connectivity index (χ1n) is 15.5. The molecule has 0 saturated carbocycles. The number of nitrogens with zero attached hydrogens (tertiary/aromatic N) is 2. The summed E-state index contributed by atoms with van der Waals surface area (Å²) >= 11 is 12.8. The van der Waals surface area contributed by atoms with Crippen LogP contribution in [0.2, 0.25) is 35.9 Å². The van der Waals surface area contributed by atoms with E-state index < -0.39 is 43.2 Å². The predicted octanol–water partition coefficient (Wildman–Crippen LogP) is 8.21. The van der Waals surface area contributed by atoms with Crippen LogP contribution in [0, 0.1) is 11.6 Å². The molecule has 2 heterocycles. The molecule has 0 fully saturated rings. The summed E-state index contributed by atoms with van der Waals surface area (Å²) < 4.78 is 41.4. The summed E-state index contributed by atoms with van der Waals surface area (Å²) in [5, 5.41) is 8.71. The van der Waals surface area contributed by atoms with Crippen LogP contribution in [-0.4, -0.2) is 55.7 Å². The second-order valence-electron chi connectivity index (χ2n) is 12.5. The Morgan fingerprint density at radius 3 is 2.65 bits per heavy atom. The Kier molecular flexibility index (Phi) is 12.9. The molecule has 0 aliphatic carbocycles. The van der Waals surface area contributed by atoms with Crippen LogP contribution in [-0.2, 0) is 21.0 Å². The van der Waals surface area contributed by atoms with Crippen molar-refractivity contribution >= 4 is 60.4 Å². The van der Waals surface area contributed by atoms with Crippen molar-refractivity contribution in [2.75, 3.05) is 30.9 Å². The van der Waals surface area contributed by atoms with E-state index in [0.717, 1.165) is 18.2 Å². The maximum Gasteiger partial charge on any atom is 0.411 e. The van der Waals surface area contributed by atoms with E-state index in [9.17, 15) is 23.2 Å². The van der Waals surface area contributed by atoms with Gasteiger partial charge in [-0.05, 0) is 49.2 Å². The maximum atomic E-state index is 14.5. The number of nitrogens with one attached hydrogen (secondary N) is 3. The number of aromatic nitrogens is 2. The number of Topliss-reactive ketones (excluding diaryl/α,β-unsaturated/α-hetero) is 1. The highest BCUT2D eigenvalue weighted by atomic mass is 35.5. The average molecular weight is 723 g/mol. The van der Waals surface area contributed by atoms with Gasteiger partial charge in [0.25, 0.3) is 0 Å². The van der Waals surface area contributed by atoms with Crippen LogP contribution in [0.4, 0.5) is 25.0 Å². The van der Waals surface area contributed by atoms with Gasteiger partial charge in [-0.15, -0.1) is 0 Å². The molecule has 3 aromatic rings. The first kappa shape index (κ1) is 37.2. The second kappa shape index (κ2) is 16.7. The lowest BCUT2D eigenvalue weighted by Gasteiger charge is -2.20. The number of halogens is 4. The molecule has 1 aromatic heterocycles. The number of carbonyl (C=O) groups is 3. The number of fused-ring (bicyclic) bond motifs is 4. The fraction of sp³-hybridized carbons (Fsp3) is 0.394. The molecule has 3 N–H and O–H groups in total. The molecule has 1 atom stereocenters. The number of anilines is 2. The largest absolute Gasteiger partial charge is 0.453 e. The summed E-state index contributed by atoms with van der Waals surface area (Å²) in [6, 6.07) is 7.34. The summed E-state index contributed by atoms with van der Waals surface area (Å²) in [7, 11) is -0.146. The normalized spacial score (nSPS) is 15.8. The number of rotatable bonds is 11. The summed E-state index contributed by atoms with van der Waals surface area (Å²) in [6.45, 7) is 7.39. The number of hydrogen-bond donors (Lipinski definition) is 3. The lowest BCUT2D eigenvalue weighted by atomic mass is 10.1. The van der Waals surface area contributed by atoms with Crippen LogP contribution in [0.15, 0.2) is 42.5 Å². The van der Waals surface area contributed by atoms with Crippen molar-refractivity contribution < 1.29 is 32.6 Å². The fourth-order valence-electron chi connectivity index (χ4n) is 4.97. The van der Waals surface area contributed by atoms with E-state index in [1.165, 1.54) is 7.11 Å². The summed E-state index contributed by atoms with van der Waals surface area (Å²) in [4.78, 5) is 42.6. The van der Waals surface area contributed by atoms with Gasteiger partial charge < -0.3 is 20.1 Å². The number of benzene rings is 2. The number of amides is 2. The molecule has 4 rings (SSSR count). The minimum atomic E-state index is -1.39. The molecule has 0 unspecified atom stereocenters. The highest BCUT2D eigenvalue weighted by Crippen LogP contribution is 2.38. The van der Waals surface area contributed by atoms with Crippen molar-refractivity contribution in [3.63, 3.8) is 0 Å². The molecule has 15 heteroatoms. The molecule has 2 aromatic carbocycles. The Bertz CT molecular complexity index is 1700. The first-order valence-corrected chi connectivity index (χ1v) is 19.9. The van der Waals surface area contributed by atoms with Gasteiger partial charge in [0.05, 0.1) is 29.4 Å². The van der Waals surface area contributed by atoms with Crippen molar-refractivity contribution in [2.24, 2.45) is 0 Å². The van der Waals surface area contributed by atoms with Gasteiger partial charge in [-0.2, -0.15) is 0 Å². The standard InChI is InChI=1S/C33H39Cl2F2N5O5Si/c1-46-33(45)39-20-10-11-21-25(18-20)40-27(44)9-7-5-6-8-24(38-15-14-26(43)28-23(36)13-12-22(34)29(28)37)32-41-30(21)31(35)42(32)19-47-16-17-48(2,3)4/h5-6,10-13,18,24,38H,7-9,14-17,19H2,1-4H3,(H,39,45)(H,40,44)/b6-5-/t24-/m0/s1. The van der Waals surface area contributed by atoms with Gasteiger partial charge in [0.15, 0.2) is 11.6 Å². The number of methoxy groups -OCH3 is 1. The van der Waals surface area contributed by atoms with Crippen LogP contribution in [0.3, 0.4) is 0 Å². The second-order valence-corrected chi connectivity index (χ2v) is 18.8. The third-order valence-corrected chi connectivity index (χ3v) is 9.97. The van der Waals surface area contributed by atoms with Crippen molar-refractivity contribution in [2.45, 2.75) is 64.1 Å². The molecule has 0 spiro atoms. The van der Waals surface area contributed by atoms with Gasteiger partial charge in [-0.25, -0.2) is 18.6 Å². The molecule has 0 saturated heterocycles. The number of imidazole rings is 1. The van der Waals surface area contributed by atoms with Gasteiger partial charge in [0.2, 0.25) is 5.91 Å². The van der Waals surface area contributed by atoms with Crippen LogP contribution >= 0.6 is 23.2 Å². The van der Waals surface area contributed by atoms with E-state index in [1.54, 1.807) is 22.8 Å². The topological polar surface area (TPSA) is 124 Å². The zero-order chi connectivity index (χ0) is 35.0.